The Hall–Kier alpha value is -2.25. The third-order valence-corrected chi connectivity index (χ3v) is 5.34. The fraction of sp³-hybridized carbons (Fsp3) is 0.118. The van der Waals surface area contributed by atoms with Crippen molar-refractivity contribution in [2.75, 3.05) is 12.9 Å². The summed E-state index contributed by atoms with van der Waals surface area (Å²) in [5.41, 5.74) is 1.19. The van der Waals surface area contributed by atoms with Gasteiger partial charge in [0.25, 0.3) is 0 Å². The maximum Gasteiger partial charge on any atom is 0.313 e. The van der Waals surface area contributed by atoms with Crippen LogP contribution in [-0.2, 0) is 9.59 Å². The van der Waals surface area contributed by atoms with Crippen LogP contribution in [0.4, 0.5) is 0 Å². The molecule has 0 fully saturated rings. The predicted molar refractivity (Wildman–Crippen MR) is 98.6 cm³/mol. The van der Waals surface area contributed by atoms with Crippen molar-refractivity contribution < 1.29 is 19.4 Å². The summed E-state index contributed by atoms with van der Waals surface area (Å²) in [7, 11) is 1.62. The normalized spacial score (nSPS) is 15.8. The van der Waals surface area contributed by atoms with Gasteiger partial charge in [0.05, 0.1) is 12.9 Å². The smallest absolute Gasteiger partial charge is 0.313 e. The highest BCUT2D eigenvalue weighted by atomic mass is 32.2. The van der Waals surface area contributed by atoms with E-state index in [0.29, 0.717) is 10.1 Å². The molecule has 0 aliphatic carbocycles. The van der Waals surface area contributed by atoms with Crippen LogP contribution in [0.2, 0.25) is 0 Å². The van der Waals surface area contributed by atoms with Gasteiger partial charge in [-0.1, -0.05) is 42.1 Å². The summed E-state index contributed by atoms with van der Waals surface area (Å²) in [4.78, 5) is 27.0. The third-order valence-electron chi connectivity index (χ3n) is 3.35. The van der Waals surface area contributed by atoms with E-state index in [1.807, 2.05) is 36.4 Å². The zero-order valence-corrected chi connectivity index (χ0v) is 14.3. The summed E-state index contributed by atoms with van der Waals surface area (Å²) in [6.45, 7) is 0. The number of hydrogen-bond donors (Lipinski definition) is 1. The van der Waals surface area contributed by atoms with Crippen LogP contribution in [0.1, 0.15) is 5.56 Å². The number of benzene rings is 2. The molecule has 1 aliphatic heterocycles. The van der Waals surface area contributed by atoms with E-state index in [2.05, 4.69) is 4.99 Å². The van der Waals surface area contributed by atoms with Gasteiger partial charge in [0.1, 0.15) is 15.8 Å². The Balaban J connectivity index is 1.98. The van der Waals surface area contributed by atoms with Crippen molar-refractivity contribution in [3.05, 3.63) is 47.7 Å². The summed E-state index contributed by atoms with van der Waals surface area (Å²) >= 11 is 2.02. The summed E-state index contributed by atoms with van der Waals surface area (Å²) in [6, 6.07) is 11.5. The highest BCUT2D eigenvalue weighted by Gasteiger charge is 2.23. The molecule has 0 unspecified atom stereocenters. The molecule has 0 aromatic heterocycles. The molecule has 0 amide bonds. The molecule has 1 heterocycles. The van der Waals surface area contributed by atoms with E-state index in [-0.39, 0.29) is 10.9 Å². The molecule has 3 rings (SSSR count). The molecule has 0 saturated carbocycles. The lowest BCUT2D eigenvalue weighted by Crippen LogP contribution is -1.99. The maximum absolute atomic E-state index is 12.1. The van der Waals surface area contributed by atoms with Gasteiger partial charge in [-0.05, 0) is 34.9 Å². The van der Waals surface area contributed by atoms with Gasteiger partial charge in [-0.2, -0.15) is 0 Å². The molecule has 0 saturated heterocycles. The standard InChI is InChI=1S/C17H13NO4S2/c1-22-14-7-6-10(11-4-2-3-5-12(11)14)8-13-16(21)24-17(18-13)23-9-15(19)20/h2-8H,9H2,1H3,(H,19,20). The SMILES string of the molecule is COc1ccc(C=C2N=C(SCC(=O)O)SC2=O)c2ccccc12. The molecule has 0 atom stereocenters. The molecule has 1 aliphatic rings. The largest absolute Gasteiger partial charge is 0.496 e. The van der Waals surface area contributed by atoms with Crippen LogP contribution < -0.4 is 4.74 Å². The van der Waals surface area contributed by atoms with Gasteiger partial charge < -0.3 is 9.84 Å². The second-order valence-corrected chi connectivity index (χ2v) is 7.07. The predicted octanol–water partition coefficient (Wildman–Crippen LogP) is 3.64. The van der Waals surface area contributed by atoms with E-state index in [4.69, 9.17) is 9.84 Å². The first-order chi connectivity index (χ1) is 11.6. The van der Waals surface area contributed by atoms with E-state index in [1.54, 1.807) is 13.2 Å². The molecule has 122 valence electrons. The first kappa shape index (κ1) is 16.6. The minimum atomic E-state index is -0.936. The highest BCUT2D eigenvalue weighted by molar-refractivity contribution is 8.45. The topological polar surface area (TPSA) is 76.0 Å². The minimum Gasteiger partial charge on any atom is -0.496 e. The van der Waals surface area contributed by atoms with Crippen molar-refractivity contribution >= 4 is 55.8 Å². The number of thioether (sulfide) groups is 2. The highest BCUT2D eigenvalue weighted by Crippen LogP contribution is 2.34. The summed E-state index contributed by atoms with van der Waals surface area (Å²) in [5.74, 6) is -0.284. The van der Waals surface area contributed by atoms with Crippen LogP contribution in [0.3, 0.4) is 0 Å². The van der Waals surface area contributed by atoms with E-state index >= 15 is 0 Å². The molecular formula is C17H13NO4S2. The Bertz CT molecular complexity index is 889. The summed E-state index contributed by atoms with van der Waals surface area (Å²) in [5, 5.41) is 10.5. The van der Waals surface area contributed by atoms with E-state index < -0.39 is 5.97 Å². The van der Waals surface area contributed by atoms with E-state index in [0.717, 1.165) is 45.6 Å². The minimum absolute atomic E-state index is 0.113. The molecule has 0 radical (unpaired) electrons. The summed E-state index contributed by atoms with van der Waals surface area (Å²) in [6.07, 6.45) is 1.73. The number of rotatable bonds is 4. The first-order valence-corrected chi connectivity index (χ1v) is 8.81. The first-order valence-electron chi connectivity index (χ1n) is 7.01. The van der Waals surface area contributed by atoms with Gasteiger partial charge in [-0.15, -0.1) is 0 Å². The Kier molecular flexibility index (Phi) is 4.92. The molecule has 24 heavy (non-hydrogen) atoms. The number of methoxy groups -OCH3 is 1. The van der Waals surface area contributed by atoms with Crippen LogP contribution in [-0.4, -0.2) is 33.4 Å². The van der Waals surface area contributed by atoms with Gasteiger partial charge >= 0.3 is 5.97 Å². The number of aliphatic imine (C=N–C) groups is 1. The van der Waals surface area contributed by atoms with Crippen molar-refractivity contribution in [3.63, 3.8) is 0 Å². The number of carbonyl (C=O) groups is 2. The number of ether oxygens (including phenoxy) is 1. The second kappa shape index (κ2) is 7.11. The van der Waals surface area contributed by atoms with Crippen LogP contribution in [0, 0.1) is 0 Å². The Morgan fingerprint density at radius 1 is 1.29 bits per heavy atom. The van der Waals surface area contributed by atoms with Crippen molar-refractivity contribution in [2.45, 2.75) is 0 Å². The quantitative estimate of drug-likeness (QED) is 0.840. The zero-order valence-electron chi connectivity index (χ0n) is 12.7. The molecule has 2 aromatic carbocycles. The lowest BCUT2D eigenvalue weighted by Gasteiger charge is -2.08. The maximum atomic E-state index is 12.1. The van der Waals surface area contributed by atoms with Gasteiger partial charge in [0.2, 0.25) is 5.12 Å². The fourth-order valence-corrected chi connectivity index (χ4v) is 3.88. The van der Waals surface area contributed by atoms with Crippen LogP contribution in [0.25, 0.3) is 16.8 Å². The number of carboxylic acid groups (broad SMARTS) is 1. The molecule has 5 nitrogen and oxygen atoms in total. The van der Waals surface area contributed by atoms with Crippen molar-refractivity contribution in [3.8, 4) is 5.75 Å². The Labute approximate surface area is 146 Å². The second-order valence-electron chi connectivity index (χ2n) is 4.88. The van der Waals surface area contributed by atoms with Gasteiger partial charge in [-0.3, -0.25) is 9.59 Å². The Morgan fingerprint density at radius 3 is 2.75 bits per heavy atom. The number of hydrogen-bond acceptors (Lipinski definition) is 6. The van der Waals surface area contributed by atoms with Gasteiger partial charge in [0, 0.05) is 5.39 Å². The number of carbonyl (C=O) groups excluding carboxylic acids is 1. The number of fused-ring (bicyclic) bond motifs is 1. The van der Waals surface area contributed by atoms with Gasteiger partial charge in [-0.25, -0.2) is 4.99 Å². The monoisotopic (exact) mass is 359 g/mol. The average molecular weight is 359 g/mol. The molecule has 1 N–H and O–H groups in total. The zero-order chi connectivity index (χ0) is 17.1. The van der Waals surface area contributed by atoms with E-state index in [9.17, 15) is 9.59 Å². The summed E-state index contributed by atoms with van der Waals surface area (Å²) < 4.78 is 5.83. The fourth-order valence-electron chi connectivity index (χ4n) is 2.32. The van der Waals surface area contributed by atoms with Crippen molar-refractivity contribution in [1.82, 2.24) is 0 Å². The molecule has 0 spiro atoms. The molecular weight excluding hydrogens is 346 g/mol. The lowest BCUT2D eigenvalue weighted by molar-refractivity contribution is -0.133. The average Bonchev–Trinajstić information content (AvgIpc) is 2.93. The van der Waals surface area contributed by atoms with Crippen LogP contribution in [0.15, 0.2) is 47.1 Å². The lowest BCUT2D eigenvalue weighted by atomic mass is 10.0. The Morgan fingerprint density at radius 2 is 2.04 bits per heavy atom. The molecule has 0 bridgehead atoms. The van der Waals surface area contributed by atoms with Crippen molar-refractivity contribution in [1.29, 1.82) is 0 Å². The number of nitrogens with zero attached hydrogens (tertiary/aromatic N) is 1. The molecule has 7 heteroatoms. The van der Waals surface area contributed by atoms with Gasteiger partial charge in [0.15, 0.2) is 0 Å². The third kappa shape index (κ3) is 3.47. The van der Waals surface area contributed by atoms with Crippen molar-refractivity contribution in [2.24, 2.45) is 4.99 Å². The van der Waals surface area contributed by atoms with E-state index in [1.165, 1.54) is 0 Å². The number of aliphatic carboxylic acids is 1. The molecule has 2 aromatic rings. The van der Waals surface area contributed by atoms with Crippen LogP contribution >= 0.6 is 23.5 Å². The number of carboxylic acids is 1. The van der Waals surface area contributed by atoms with Crippen LogP contribution in [0.5, 0.6) is 5.75 Å².